The van der Waals surface area contributed by atoms with Gasteiger partial charge < -0.3 is 20.1 Å². The Hall–Kier alpha value is -1.17. The van der Waals surface area contributed by atoms with E-state index in [4.69, 9.17) is 32.7 Å². The second-order valence-electron chi connectivity index (χ2n) is 4.13. The first-order chi connectivity index (χ1) is 10.1. The number of hydrogen-bond acceptors (Lipinski definition) is 3. The Morgan fingerprint density at radius 3 is 2.71 bits per heavy atom. The first-order valence-electron chi connectivity index (χ1n) is 6.81. The van der Waals surface area contributed by atoms with E-state index in [-0.39, 0.29) is 6.03 Å². The van der Waals surface area contributed by atoms with Crippen molar-refractivity contribution in [2.75, 3.05) is 32.9 Å². The lowest BCUT2D eigenvalue weighted by molar-refractivity contribution is 0.145. The van der Waals surface area contributed by atoms with Gasteiger partial charge in [-0.1, -0.05) is 29.3 Å². The number of urea groups is 1. The molecule has 0 bridgehead atoms. The topological polar surface area (TPSA) is 59.6 Å². The third-order valence-corrected chi connectivity index (χ3v) is 3.32. The molecule has 5 nitrogen and oxygen atoms in total. The predicted molar refractivity (Wildman–Crippen MR) is 84.5 cm³/mol. The number of halogens is 2. The van der Waals surface area contributed by atoms with E-state index in [2.05, 4.69) is 10.6 Å². The molecule has 0 fully saturated rings. The Morgan fingerprint density at radius 2 is 1.95 bits per heavy atom. The number of carbonyl (C=O) groups excluding carboxylic acids is 1. The van der Waals surface area contributed by atoms with Gasteiger partial charge in [-0.25, -0.2) is 4.79 Å². The number of hydrogen-bond donors (Lipinski definition) is 2. The molecule has 0 saturated heterocycles. The van der Waals surface area contributed by atoms with Crippen molar-refractivity contribution in [2.24, 2.45) is 0 Å². The Balaban J connectivity index is 2.10. The summed E-state index contributed by atoms with van der Waals surface area (Å²) in [5.74, 6) is 0.503. The lowest BCUT2D eigenvalue weighted by Gasteiger charge is -2.10. The van der Waals surface area contributed by atoms with Gasteiger partial charge in [-0.15, -0.1) is 0 Å². The minimum atomic E-state index is -0.229. The van der Waals surface area contributed by atoms with E-state index < -0.39 is 0 Å². The molecule has 2 amide bonds. The second-order valence-corrected chi connectivity index (χ2v) is 4.92. The highest BCUT2D eigenvalue weighted by Crippen LogP contribution is 2.31. The van der Waals surface area contributed by atoms with E-state index in [1.165, 1.54) is 0 Å². The summed E-state index contributed by atoms with van der Waals surface area (Å²) in [7, 11) is 0. The molecule has 118 valence electrons. The van der Waals surface area contributed by atoms with Gasteiger partial charge in [-0.3, -0.25) is 0 Å². The molecule has 0 spiro atoms. The van der Waals surface area contributed by atoms with Crippen LogP contribution in [0.25, 0.3) is 0 Å². The molecule has 0 saturated carbocycles. The van der Waals surface area contributed by atoms with Crippen LogP contribution in [0.1, 0.15) is 13.3 Å². The van der Waals surface area contributed by atoms with Gasteiger partial charge in [-0.2, -0.15) is 0 Å². The van der Waals surface area contributed by atoms with Crippen LogP contribution in [0.3, 0.4) is 0 Å². The lowest BCUT2D eigenvalue weighted by Crippen LogP contribution is -2.38. The Bertz CT molecular complexity index is 444. The highest BCUT2D eigenvalue weighted by Gasteiger charge is 2.05. The molecule has 1 rings (SSSR count). The van der Waals surface area contributed by atoms with Gasteiger partial charge in [0, 0.05) is 19.8 Å². The van der Waals surface area contributed by atoms with Crippen LogP contribution in [0.4, 0.5) is 4.79 Å². The highest BCUT2D eigenvalue weighted by atomic mass is 35.5. The van der Waals surface area contributed by atoms with E-state index in [1.54, 1.807) is 18.2 Å². The third-order valence-electron chi connectivity index (χ3n) is 2.52. The standard InChI is InChI=1S/C14H20Cl2N2O3/c1-2-20-9-4-7-17-14(19)18-8-10-21-12-6-3-5-11(15)13(12)16/h3,5-6H,2,4,7-10H2,1H3,(H2,17,18,19). The summed E-state index contributed by atoms with van der Waals surface area (Å²) in [5, 5.41) is 6.23. The van der Waals surface area contributed by atoms with Crippen LogP contribution in [-0.4, -0.2) is 38.9 Å². The van der Waals surface area contributed by atoms with Gasteiger partial charge in [0.2, 0.25) is 0 Å². The number of carbonyl (C=O) groups is 1. The maximum atomic E-state index is 11.4. The van der Waals surface area contributed by atoms with Crippen LogP contribution < -0.4 is 15.4 Å². The molecular weight excluding hydrogens is 315 g/mol. The summed E-state index contributed by atoms with van der Waals surface area (Å²) in [6, 6.07) is 4.93. The zero-order chi connectivity index (χ0) is 15.5. The van der Waals surface area contributed by atoms with Crippen LogP contribution in [0.15, 0.2) is 18.2 Å². The smallest absolute Gasteiger partial charge is 0.314 e. The normalized spacial score (nSPS) is 10.2. The van der Waals surface area contributed by atoms with Crippen LogP contribution in [0.2, 0.25) is 10.0 Å². The molecule has 1 aromatic carbocycles. The number of nitrogens with one attached hydrogen (secondary N) is 2. The summed E-state index contributed by atoms with van der Waals surface area (Å²) in [4.78, 5) is 11.4. The molecule has 1 aromatic rings. The van der Waals surface area contributed by atoms with Crippen molar-refractivity contribution in [1.29, 1.82) is 0 Å². The van der Waals surface area contributed by atoms with Gasteiger partial charge in [0.05, 0.1) is 11.6 Å². The van der Waals surface area contributed by atoms with E-state index in [9.17, 15) is 4.79 Å². The molecule has 2 N–H and O–H groups in total. The second kappa shape index (κ2) is 10.5. The highest BCUT2D eigenvalue weighted by molar-refractivity contribution is 6.42. The molecule has 0 aliphatic rings. The molecule has 21 heavy (non-hydrogen) atoms. The zero-order valence-corrected chi connectivity index (χ0v) is 13.5. The Kier molecular flexibility index (Phi) is 8.98. The van der Waals surface area contributed by atoms with Gasteiger partial charge in [0.25, 0.3) is 0 Å². The SMILES string of the molecule is CCOCCCNC(=O)NCCOc1cccc(Cl)c1Cl. The molecule has 0 radical (unpaired) electrons. The molecular formula is C14H20Cl2N2O3. The quantitative estimate of drug-likeness (QED) is 0.682. The molecule has 0 aromatic heterocycles. The molecule has 0 aliphatic heterocycles. The first-order valence-corrected chi connectivity index (χ1v) is 7.57. The maximum absolute atomic E-state index is 11.4. The fourth-order valence-electron chi connectivity index (χ4n) is 1.50. The van der Waals surface area contributed by atoms with Crippen molar-refractivity contribution in [1.82, 2.24) is 10.6 Å². The average molecular weight is 335 g/mol. The van der Waals surface area contributed by atoms with E-state index in [0.717, 1.165) is 6.42 Å². The summed E-state index contributed by atoms with van der Waals surface area (Å²) in [6.07, 6.45) is 0.788. The van der Waals surface area contributed by atoms with E-state index in [0.29, 0.717) is 48.7 Å². The monoisotopic (exact) mass is 334 g/mol. The van der Waals surface area contributed by atoms with Crippen molar-refractivity contribution >= 4 is 29.2 Å². The first kappa shape index (κ1) is 17.9. The molecule has 7 heteroatoms. The molecule has 0 atom stereocenters. The van der Waals surface area contributed by atoms with Crippen LogP contribution in [0.5, 0.6) is 5.75 Å². The molecule has 0 aliphatic carbocycles. The van der Waals surface area contributed by atoms with Crippen LogP contribution in [-0.2, 0) is 4.74 Å². The third kappa shape index (κ3) is 7.41. The number of ether oxygens (including phenoxy) is 2. The van der Waals surface area contributed by atoms with Crippen LogP contribution >= 0.6 is 23.2 Å². The van der Waals surface area contributed by atoms with E-state index in [1.807, 2.05) is 6.92 Å². The van der Waals surface area contributed by atoms with Crippen molar-refractivity contribution in [3.8, 4) is 5.75 Å². The largest absolute Gasteiger partial charge is 0.490 e. The Labute approximate surface area is 134 Å². The number of amides is 2. The molecule has 0 heterocycles. The zero-order valence-electron chi connectivity index (χ0n) is 12.0. The van der Waals surface area contributed by atoms with Gasteiger partial charge in [-0.05, 0) is 25.5 Å². The lowest BCUT2D eigenvalue weighted by atomic mass is 10.3. The summed E-state index contributed by atoms with van der Waals surface area (Å²) in [6.45, 7) is 4.54. The van der Waals surface area contributed by atoms with Gasteiger partial charge in [0.15, 0.2) is 0 Å². The molecule has 0 unspecified atom stereocenters. The minimum Gasteiger partial charge on any atom is -0.490 e. The summed E-state index contributed by atoms with van der Waals surface area (Å²) in [5.41, 5.74) is 0. The summed E-state index contributed by atoms with van der Waals surface area (Å²) >= 11 is 11.8. The average Bonchev–Trinajstić information content (AvgIpc) is 2.47. The van der Waals surface area contributed by atoms with Gasteiger partial charge >= 0.3 is 6.03 Å². The fourth-order valence-corrected chi connectivity index (χ4v) is 1.85. The number of rotatable bonds is 9. The number of benzene rings is 1. The predicted octanol–water partition coefficient (Wildman–Crippen LogP) is 3.10. The maximum Gasteiger partial charge on any atom is 0.314 e. The van der Waals surface area contributed by atoms with E-state index >= 15 is 0 Å². The Morgan fingerprint density at radius 1 is 1.19 bits per heavy atom. The van der Waals surface area contributed by atoms with Crippen molar-refractivity contribution in [2.45, 2.75) is 13.3 Å². The van der Waals surface area contributed by atoms with Crippen molar-refractivity contribution in [3.05, 3.63) is 28.2 Å². The summed E-state index contributed by atoms with van der Waals surface area (Å²) < 4.78 is 10.6. The fraction of sp³-hybridized carbons (Fsp3) is 0.500. The van der Waals surface area contributed by atoms with Crippen LogP contribution in [0, 0.1) is 0 Å². The van der Waals surface area contributed by atoms with Gasteiger partial charge in [0.1, 0.15) is 17.4 Å². The minimum absolute atomic E-state index is 0.229. The van der Waals surface area contributed by atoms with Crippen molar-refractivity contribution < 1.29 is 14.3 Å². The van der Waals surface area contributed by atoms with Crippen molar-refractivity contribution in [3.63, 3.8) is 0 Å².